The Hall–Kier alpha value is -3.82. The average Bonchev–Trinajstić information content (AvgIpc) is 3.14. The van der Waals surface area contributed by atoms with Crippen LogP contribution in [0.15, 0.2) is 60.8 Å². The third-order valence-corrected chi connectivity index (χ3v) is 5.77. The van der Waals surface area contributed by atoms with Crippen LogP contribution in [-0.2, 0) is 4.74 Å². The van der Waals surface area contributed by atoms with Gasteiger partial charge in [0.2, 0.25) is 0 Å². The van der Waals surface area contributed by atoms with Crippen molar-refractivity contribution in [3.63, 3.8) is 0 Å². The van der Waals surface area contributed by atoms with Gasteiger partial charge in [0, 0.05) is 18.0 Å². The van der Waals surface area contributed by atoms with Crippen molar-refractivity contribution in [1.29, 1.82) is 0 Å². The molecule has 0 radical (unpaired) electrons. The number of pyridine rings is 1. The molecule has 0 fully saturated rings. The van der Waals surface area contributed by atoms with Crippen LogP contribution in [0.4, 0.5) is 10.5 Å². The number of rotatable bonds is 7. The molecule has 1 aromatic heterocycles. The van der Waals surface area contributed by atoms with E-state index in [-0.39, 0.29) is 30.5 Å². The summed E-state index contributed by atoms with van der Waals surface area (Å²) in [6.07, 6.45) is -2.51. The molecule has 3 N–H and O–H groups in total. The Kier molecular flexibility index (Phi) is 6.34. The van der Waals surface area contributed by atoms with Gasteiger partial charge in [-0.3, -0.25) is 15.1 Å². The minimum absolute atomic E-state index is 0.0694. The van der Waals surface area contributed by atoms with Crippen molar-refractivity contribution in [3.05, 3.63) is 93.3 Å². The molecule has 1 amide bonds. The number of nitro groups is 1. The van der Waals surface area contributed by atoms with E-state index < -0.39 is 23.2 Å². The Balaban J connectivity index is 1.34. The van der Waals surface area contributed by atoms with Crippen LogP contribution in [0.25, 0.3) is 11.1 Å². The summed E-state index contributed by atoms with van der Waals surface area (Å²) in [6, 6.07) is 17.3. The molecule has 9 heteroatoms. The maximum atomic E-state index is 12.2. The lowest BCUT2D eigenvalue weighted by atomic mass is 9.98. The van der Waals surface area contributed by atoms with Gasteiger partial charge in [-0.05, 0) is 35.2 Å². The Morgan fingerprint density at radius 1 is 1.15 bits per heavy atom. The van der Waals surface area contributed by atoms with E-state index in [0.29, 0.717) is 5.56 Å². The number of amides is 1. The standard InChI is InChI=1S/C24H23N3O6/c1-14-10-20(25-11-21(14)27(31)32)23(29)22(28)12-26-24(30)33-13-19-17-8-4-2-6-15(17)16-7-3-5-9-18(16)19/h2-11,19,22-23,28-29H,12-13H2,1H3,(H,26,30). The van der Waals surface area contributed by atoms with Crippen LogP contribution in [-0.4, -0.2) is 45.5 Å². The topological polar surface area (TPSA) is 135 Å². The molecule has 0 spiro atoms. The van der Waals surface area contributed by atoms with Crippen molar-refractivity contribution >= 4 is 11.8 Å². The number of carbonyl (C=O) groups is 1. The molecule has 1 aliphatic carbocycles. The fourth-order valence-electron chi connectivity index (χ4n) is 4.07. The molecule has 4 rings (SSSR count). The van der Waals surface area contributed by atoms with Crippen LogP contribution in [0.3, 0.4) is 0 Å². The number of aromatic nitrogens is 1. The fourth-order valence-corrected chi connectivity index (χ4v) is 4.07. The second-order valence-corrected chi connectivity index (χ2v) is 7.87. The number of carbonyl (C=O) groups excluding carboxylic acids is 1. The number of ether oxygens (including phenoxy) is 1. The molecule has 170 valence electrons. The van der Waals surface area contributed by atoms with E-state index in [4.69, 9.17) is 4.74 Å². The quantitative estimate of drug-likeness (QED) is 0.372. The zero-order chi connectivity index (χ0) is 23.5. The molecule has 3 aromatic rings. The highest BCUT2D eigenvalue weighted by Crippen LogP contribution is 2.44. The first-order chi connectivity index (χ1) is 15.9. The van der Waals surface area contributed by atoms with Crippen LogP contribution in [0.2, 0.25) is 0 Å². The third-order valence-electron chi connectivity index (χ3n) is 5.77. The van der Waals surface area contributed by atoms with E-state index in [0.717, 1.165) is 28.5 Å². The number of aliphatic hydroxyl groups is 2. The molecule has 1 heterocycles. The highest BCUT2D eigenvalue weighted by molar-refractivity contribution is 5.79. The number of nitrogens with zero attached hydrogens (tertiary/aromatic N) is 2. The average molecular weight is 449 g/mol. The van der Waals surface area contributed by atoms with E-state index in [1.165, 1.54) is 13.0 Å². The summed E-state index contributed by atoms with van der Waals surface area (Å²) in [4.78, 5) is 26.4. The fraction of sp³-hybridized carbons (Fsp3) is 0.250. The van der Waals surface area contributed by atoms with Crippen molar-refractivity contribution in [3.8, 4) is 11.1 Å². The Labute approximate surface area is 189 Å². The molecular weight excluding hydrogens is 426 g/mol. The van der Waals surface area contributed by atoms with Crippen LogP contribution in [0, 0.1) is 17.0 Å². The second-order valence-electron chi connectivity index (χ2n) is 7.87. The molecule has 2 atom stereocenters. The van der Waals surface area contributed by atoms with E-state index in [1.54, 1.807) is 0 Å². The van der Waals surface area contributed by atoms with Gasteiger partial charge in [0.15, 0.2) is 0 Å². The SMILES string of the molecule is Cc1cc(C(O)C(O)CNC(=O)OCC2c3ccccc3-c3ccccc32)ncc1[N+](=O)[O-]. The van der Waals surface area contributed by atoms with Gasteiger partial charge in [-0.1, -0.05) is 48.5 Å². The van der Waals surface area contributed by atoms with E-state index in [9.17, 15) is 25.1 Å². The van der Waals surface area contributed by atoms with Gasteiger partial charge in [-0.25, -0.2) is 4.79 Å². The van der Waals surface area contributed by atoms with Crippen molar-refractivity contribution in [2.24, 2.45) is 0 Å². The minimum Gasteiger partial charge on any atom is -0.449 e. The lowest BCUT2D eigenvalue weighted by Crippen LogP contribution is -2.36. The van der Waals surface area contributed by atoms with Crippen molar-refractivity contribution in [2.75, 3.05) is 13.2 Å². The largest absolute Gasteiger partial charge is 0.449 e. The summed E-state index contributed by atoms with van der Waals surface area (Å²) in [6.45, 7) is 1.36. The molecule has 2 aromatic carbocycles. The summed E-state index contributed by atoms with van der Waals surface area (Å²) in [7, 11) is 0. The normalized spacial score (nSPS) is 14.2. The lowest BCUT2D eigenvalue weighted by molar-refractivity contribution is -0.385. The van der Waals surface area contributed by atoms with Gasteiger partial charge in [0.1, 0.15) is 25.0 Å². The number of alkyl carbamates (subject to hydrolysis) is 1. The zero-order valence-corrected chi connectivity index (χ0v) is 17.8. The summed E-state index contributed by atoms with van der Waals surface area (Å²) >= 11 is 0. The predicted octanol–water partition coefficient (Wildman–Crippen LogP) is 3.23. The van der Waals surface area contributed by atoms with Crippen LogP contribution < -0.4 is 5.32 Å². The summed E-state index contributed by atoms with van der Waals surface area (Å²) < 4.78 is 5.40. The summed E-state index contributed by atoms with van der Waals surface area (Å²) in [5, 5.41) is 33.9. The maximum absolute atomic E-state index is 12.2. The molecule has 9 nitrogen and oxygen atoms in total. The molecule has 0 aliphatic heterocycles. The summed E-state index contributed by atoms with van der Waals surface area (Å²) in [5.74, 6) is -0.0917. The molecule has 0 bridgehead atoms. The van der Waals surface area contributed by atoms with Gasteiger partial charge in [-0.15, -0.1) is 0 Å². The molecule has 0 saturated heterocycles. The maximum Gasteiger partial charge on any atom is 0.407 e. The van der Waals surface area contributed by atoms with Gasteiger partial charge >= 0.3 is 6.09 Å². The van der Waals surface area contributed by atoms with Crippen LogP contribution >= 0.6 is 0 Å². The van der Waals surface area contributed by atoms with Gasteiger partial charge in [0.25, 0.3) is 5.69 Å². The Bertz CT molecular complexity index is 1150. The molecule has 0 saturated carbocycles. The monoisotopic (exact) mass is 449 g/mol. The predicted molar refractivity (Wildman–Crippen MR) is 120 cm³/mol. The summed E-state index contributed by atoms with van der Waals surface area (Å²) in [5.41, 5.74) is 4.60. The molecule has 33 heavy (non-hydrogen) atoms. The number of nitrogens with one attached hydrogen (secondary N) is 1. The molecule has 1 aliphatic rings. The van der Waals surface area contributed by atoms with Crippen LogP contribution in [0.1, 0.15) is 34.4 Å². The molecule has 2 unspecified atom stereocenters. The van der Waals surface area contributed by atoms with Gasteiger partial charge in [-0.2, -0.15) is 0 Å². The van der Waals surface area contributed by atoms with E-state index in [1.807, 2.05) is 48.5 Å². The lowest BCUT2D eigenvalue weighted by Gasteiger charge is -2.19. The number of hydrogen-bond donors (Lipinski definition) is 3. The number of aliphatic hydroxyl groups excluding tert-OH is 2. The minimum atomic E-state index is -1.43. The number of benzene rings is 2. The van der Waals surface area contributed by atoms with Gasteiger partial charge in [0.05, 0.1) is 10.6 Å². The Morgan fingerprint density at radius 3 is 2.33 bits per heavy atom. The second kappa shape index (κ2) is 9.35. The first-order valence-corrected chi connectivity index (χ1v) is 10.4. The van der Waals surface area contributed by atoms with E-state index >= 15 is 0 Å². The highest BCUT2D eigenvalue weighted by atomic mass is 16.6. The van der Waals surface area contributed by atoms with Crippen molar-refractivity contribution < 1.29 is 24.7 Å². The number of hydrogen-bond acceptors (Lipinski definition) is 7. The van der Waals surface area contributed by atoms with Crippen LogP contribution in [0.5, 0.6) is 0 Å². The number of aryl methyl sites for hydroxylation is 1. The van der Waals surface area contributed by atoms with Crippen molar-refractivity contribution in [1.82, 2.24) is 10.3 Å². The highest BCUT2D eigenvalue weighted by Gasteiger charge is 2.29. The molecular formula is C24H23N3O6. The smallest absolute Gasteiger partial charge is 0.407 e. The Morgan fingerprint density at radius 2 is 1.76 bits per heavy atom. The number of fused-ring (bicyclic) bond motifs is 3. The van der Waals surface area contributed by atoms with E-state index in [2.05, 4.69) is 10.3 Å². The first-order valence-electron chi connectivity index (χ1n) is 10.4. The van der Waals surface area contributed by atoms with Crippen molar-refractivity contribution in [2.45, 2.75) is 25.0 Å². The third kappa shape index (κ3) is 4.55. The zero-order valence-electron chi connectivity index (χ0n) is 17.8. The first kappa shape index (κ1) is 22.4. The van der Waals surface area contributed by atoms with Gasteiger partial charge < -0.3 is 20.3 Å².